The normalized spacial score (nSPS) is 11.3. The van der Waals surface area contributed by atoms with E-state index in [1.54, 1.807) is 12.1 Å². The van der Waals surface area contributed by atoms with Crippen LogP contribution in [0.3, 0.4) is 0 Å². The Morgan fingerprint density at radius 1 is 1.24 bits per heavy atom. The van der Waals surface area contributed by atoms with Gasteiger partial charge in [-0.15, -0.1) is 11.6 Å². The van der Waals surface area contributed by atoms with Crippen molar-refractivity contribution in [3.05, 3.63) is 57.3 Å². The molecule has 0 atom stereocenters. The van der Waals surface area contributed by atoms with Crippen molar-refractivity contribution in [2.75, 3.05) is 0 Å². The highest BCUT2D eigenvalue weighted by Gasteiger charge is 2.17. The van der Waals surface area contributed by atoms with Crippen LogP contribution in [0, 0.1) is 11.6 Å². The summed E-state index contributed by atoms with van der Waals surface area (Å²) in [4.78, 5) is 4.24. The van der Waals surface area contributed by atoms with Gasteiger partial charge in [-0.25, -0.2) is 13.8 Å². The third-order valence-corrected chi connectivity index (χ3v) is 4.20. The van der Waals surface area contributed by atoms with Crippen molar-refractivity contribution < 1.29 is 8.78 Å². The van der Waals surface area contributed by atoms with Gasteiger partial charge in [0.2, 0.25) is 0 Å². The van der Waals surface area contributed by atoms with Crippen molar-refractivity contribution in [3.63, 3.8) is 0 Å². The summed E-state index contributed by atoms with van der Waals surface area (Å²) >= 11 is 14.8. The van der Waals surface area contributed by atoms with Gasteiger partial charge < -0.3 is 0 Å². The van der Waals surface area contributed by atoms with Gasteiger partial charge in [0.15, 0.2) is 5.82 Å². The first-order valence-corrected chi connectivity index (χ1v) is 7.60. The van der Waals surface area contributed by atoms with Gasteiger partial charge in [0.1, 0.15) is 11.6 Å². The van der Waals surface area contributed by atoms with Gasteiger partial charge in [-0.2, -0.15) is 0 Å². The van der Waals surface area contributed by atoms with E-state index in [2.05, 4.69) is 20.9 Å². The van der Waals surface area contributed by atoms with E-state index in [-0.39, 0.29) is 21.1 Å². The number of fused-ring (bicyclic) bond motifs is 1. The van der Waals surface area contributed by atoms with E-state index in [1.807, 2.05) is 0 Å². The van der Waals surface area contributed by atoms with Gasteiger partial charge in [0.05, 0.1) is 32.1 Å². The minimum Gasteiger partial charge on any atom is -0.292 e. The first-order chi connectivity index (χ1) is 10.0. The highest BCUT2D eigenvalue weighted by molar-refractivity contribution is 9.10. The van der Waals surface area contributed by atoms with E-state index in [9.17, 15) is 8.78 Å². The van der Waals surface area contributed by atoms with Gasteiger partial charge >= 0.3 is 0 Å². The highest BCUT2D eigenvalue weighted by Crippen LogP contribution is 2.30. The second-order valence-corrected chi connectivity index (χ2v) is 5.85. The molecule has 0 aliphatic rings. The minimum atomic E-state index is -0.578. The number of halogens is 5. The Bertz CT molecular complexity index is 849. The Balaban J connectivity index is 2.40. The summed E-state index contributed by atoms with van der Waals surface area (Å²) < 4.78 is 29.7. The zero-order chi connectivity index (χ0) is 15.1. The molecule has 0 saturated carbocycles. The molecule has 0 bridgehead atoms. The number of hydrogen-bond acceptors (Lipinski definition) is 1. The number of benzene rings is 2. The molecule has 0 amide bonds. The number of nitrogens with zero attached hydrogens (tertiary/aromatic N) is 2. The van der Waals surface area contributed by atoms with Crippen LogP contribution in [0.2, 0.25) is 5.02 Å². The molecule has 0 fully saturated rings. The molecule has 0 radical (unpaired) electrons. The van der Waals surface area contributed by atoms with Crippen LogP contribution in [0.15, 0.2) is 34.8 Å². The van der Waals surface area contributed by atoms with Crippen LogP contribution in [0.4, 0.5) is 8.78 Å². The quantitative estimate of drug-likeness (QED) is 0.530. The fraction of sp³-hybridized carbons (Fsp3) is 0.0714. The minimum absolute atomic E-state index is 0.00366. The zero-order valence-electron chi connectivity index (χ0n) is 10.4. The molecule has 2 aromatic carbocycles. The molecule has 0 aliphatic heterocycles. The van der Waals surface area contributed by atoms with Gasteiger partial charge in [0.25, 0.3) is 0 Å². The smallest absolute Gasteiger partial charge is 0.165 e. The fourth-order valence-electron chi connectivity index (χ4n) is 2.15. The summed E-state index contributed by atoms with van der Waals surface area (Å²) in [5.41, 5.74) is 1.16. The van der Waals surface area contributed by atoms with Crippen LogP contribution in [-0.2, 0) is 5.88 Å². The topological polar surface area (TPSA) is 17.8 Å². The number of imidazole rings is 1. The lowest BCUT2D eigenvalue weighted by Crippen LogP contribution is -2.02. The highest BCUT2D eigenvalue weighted by atomic mass is 79.9. The van der Waals surface area contributed by atoms with Crippen LogP contribution in [-0.4, -0.2) is 9.55 Å². The van der Waals surface area contributed by atoms with Crippen LogP contribution in [0.25, 0.3) is 16.7 Å². The van der Waals surface area contributed by atoms with E-state index in [4.69, 9.17) is 23.2 Å². The molecule has 0 unspecified atom stereocenters. The Morgan fingerprint density at radius 2 is 2.00 bits per heavy atom. The van der Waals surface area contributed by atoms with Crippen LogP contribution >= 0.6 is 39.1 Å². The summed E-state index contributed by atoms with van der Waals surface area (Å²) in [5, 5.41) is -0.00366. The van der Waals surface area contributed by atoms with E-state index < -0.39 is 11.6 Å². The second-order valence-electron chi connectivity index (χ2n) is 4.33. The molecule has 0 saturated heterocycles. The third kappa shape index (κ3) is 2.43. The summed E-state index contributed by atoms with van der Waals surface area (Å²) in [6.07, 6.45) is 0. The molecule has 7 heteroatoms. The largest absolute Gasteiger partial charge is 0.292 e. The molecule has 1 aromatic heterocycles. The van der Waals surface area contributed by atoms with Crippen molar-refractivity contribution in [2.24, 2.45) is 0 Å². The summed E-state index contributed by atoms with van der Waals surface area (Å²) in [7, 11) is 0. The lowest BCUT2D eigenvalue weighted by Gasteiger charge is -2.10. The lowest BCUT2D eigenvalue weighted by molar-refractivity contribution is 0.618. The molecule has 3 aromatic rings. The molecular weight excluding hydrogens is 385 g/mol. The molecule has 0 N–H and O–H groups in total. The molecule has 3 rings (SSSR count). The number of alkyl halides is 1. The van der Waals surface area contributed by atoms with Crippen LogP contribution < -0.4 is 0 Å². The van der Waals surface area contributed by atoms with Crippen molar-refractivity contribution in [3.8, 4) is 5.69 Å². The van der Waals surface area contributed by atoms with E-state index in [0.29, 0.717) is 16.9 Å². The summed E-state index contributed by atoms with van der Waals surface area (Å²) in [5.74, 6) is -0.560. The molecule has 108 valence electrons. The Hall–Kier alpha value is -1.17. The summed E-state index contributed by atoms with van der Waals surface area (Å²) in [6.45, 7) is 0. The van der Waals surface area contributed by atoms with E-state index in [1.165, 1.54) is 22.8 Å². The van der Waals surface area contributed by atoms with Gasteiger partial charge in [-0.1, -0.05) is 17.7 Å². The number of hydrogen-bond donors (Lipinski definition) is 0. The molecule has 1 heterocycles. The lowest BCUT2D eigenvalue weighted by atomic mass is 10.2. The predicted molar refractivity (Wildman–Crippen MR) is 83.3 cm³/mol. The Labute approximate surface area is 137 Å². The van der Waals surface area contributed by atoms with Gasteiger partial charge in [-0.05, 0) is 34.1 Å². The van der Waals surface area contributed by atoms with Crippen LogP contribution in [0.5, 0.6) is 0 Å². The third-order valence-electron chi connectivity index (χ3n) is 3.06. The SMILES string of the molecule is Fc1cc2nc(CCl)n(-c3cccc(Cl)c3F)c2cc1Br. The average molecular weight is 392 g/mol. The molecule has 21 heavy (non-hydrogen) atoms. The maximum absolute atomic E-state index is 14.3. The van der Waals surface area contributed by atoms with Gasteiger partial charge in [-0.3, -0.25) is 4.57 Å². The Morgan fingerprint density at radius 3 is 2.71 bits per heavy atom. The molecular formula is C14H7BrCl2F2N2. The van der Waals surface area contributed by atoms with Crippen molar-refractivity contribution in [1.82, 2.24) is 9.55 Å². The first-order valence-electron chi connectivity index (χ1n) is 5.89. The monoisotopic (exact) mass is 390 g/mol. The van der Waals surface area contributed by atoms with Crippen molar-refractivity contribution in [2.45, 2.75) is 5.88 Å². The fourth-order valence-corrected chi connectivity index (χ4v) is 2.83. The zero-order valence-corrected chi connectivity index (χ0v) is 13.5. The van der Waals surface area contributed by atoms with Gasteiger partial charge in [0, 0.05) is 6.07 Å². The predicted octanol–water partition coefficient (Wildman–Crippen LogP) is 5.46. The molecule has 2 nitrogen and oxygen atoms in total. The maximum Gasteiger partial charge on any atom is 0.165 e. The number of rotatable bonds is 2. The Kier molecular flexibility index (Phi) is 3.90. The van der Waals surface area contributed by atoms with Crippen LogP contribution in [0.1, 0.15) is 5.82 Å². The van der Waals surface area contributed by atoms with Crippen molar-refractivity contribution in [1.29, 1.82) is 0 Å². The van der Waals surface area contributed by atoms with E-state index in [0.717, 1.165) is 0 Å². The van der Waals surface area contributed by atoms with E-state index >= 15 is 0 Å². The second kappa shape index (κ2) is 5.55. The molecule has 0 aliphatic carbocycles. The average Bonchev–Trinajstić information content (AvgIpc) is 2.80. The number of aromatic nitrogens is 2. The van der Waals surface area contributed by atoms with Crippen molar-refractivity contribution >= 4 is 50.2 Å². The maximum atomic E-state index is 14.3. The standard InChI is InChI=1S/C14H7BrCl2F2N2/c15-7-4-12-10(5-9(7)18)20-13(6-16)21(12)11-3-1-2-8(17)14(11)19/h1-5H,6H2. The molecule has 0 spiro atoms. The first kappa shape index (κ1) is 14.8. The summed E-state index contributed by atoms with van der Waals surface area (Å²) in [6, 6.07) is 7.46.